The second-order valence-electron chi connectivity index (χ2n) is 4.96. The lowest BCUT2D eigenvalue weighted by atomic mass is 10.1. The summed E-state index contributed by atoms with van der Waals surface area (Å²) in [6.45, 7) is 0. The number of hydrogen-bond donors (Lipinski definition) is 0. The van der Waals surface area contributed by atoms with Crippen LogP contribution in [-0.2, 0) is 0 Å². The molecule has 0 saturated heterocycles. The number of nitrogens with zero attached hydrogens (tertiary/aromatic N) is 4. The summed E-state index contributed by atoms with van der Waals surface area (Å²) in [5, 5.41) is 16.4. The fourth-order valence-electron chi connectivity index (χ4n) is 2.16. The molecule has 6 nitrogen and oxygen atoms in total. The first kappa shape index (κ1) is 12.9. The molecule has 0 spiro atoms. The summed E-state index contributed by atoms with van der Waals surface area (Å²) in [4.78, 5) is 15.7. The number of non-ortho nitro benzene ring substituents is 1. The van der Waals surface area contributed by atoms with Crippen molar-refractivity contribution in [2.24, 2.45) is 0 Å². The van der Waals surface area contributed by atoms with E-state index in [1.807, 2.05) is 0 Å². The van der Waals surface area contributed by atoms with Gasteiger partial charge in [0.25, 0.3) is 5.69 Å². The van der Waals surface area contributed by atoms with Crippen molar-refractivity contribution in [3.05, 3.63) is 44.0 Å². The van der Waals surface area contributed by atoms with Crippen LogP contribution in [0.2, 0.25) is 0 Å². The summed E-state index contributed by atoms with van der Waals surface area (Å²) in [6.07, 6.45) is 2.42. The van der Waals surface area contributed by atoms with Gasteiger partial charge in [-0.15, -0.1) is 0 Å². The molecule has 1 saturated carbocycles. The monoisotopic (exact) mass is 364 g/mol. The Bertz CT molecular complexity index is 851. The lowest BCUT2D eigenvalue weighted by Gasteiger charge is -1.98. The number of nitro groups is 1. The Morgan fingerprint density at radius 3 is 2.62 bits per heavy atom. The maximum Gasteiger partial charge on any atom is 0.269 e. The molecule has 8 heteroatoms. The van der Waals surface area contributed by atoms with E-state index < -0.39 is 4.92 Å². The van der Waals surface area contributed by atoms with E-state index in [1.165, 1.54) is 25.0 Å². The van der Waals surface area contributed by atoms with E-state index in [-0.39, 0.29) is 5.69 Å². The number of nitro benzene ring substituents is 1. The van der Waals surface area contributed by atoms with Crippen LogP contribution in [0.4, 0.5) is 5.69 Å². The minimum Gasteiger partial charge on any atom is -0.258 e. The van der Waals surface area contributed by atoms with Gasteiger partial charge in [0, 0.05) is 23.6 Å². The number of fused-ring (bicyclic) bond motifs is 1. The van der Waals surface area contributed by atoms with Gasteiger partial charge in [-0.2, -0.15) is 9.61 Å². The van der Waals surface area contributed by atoms with Gasteiger partial charge < -0.3 is 0 Å². The second kappa shape index (κ2) is 4.60. The van der Waals surface area contributed by atoms with Gasteiger partial charge in [-0.1, -0.05) is 11.3 Å². The van der Waals surface area contributed by atoms with Gasteiger partial charge in [0.05, 0.1) is 4.92 Å². The number of aromatic nitrogens is 3. The molecule has 1 aliphatic carbocycles. The molecule has 21 heavy (non-hydrogen) atoms. The van der Waals surface area contributed by atoms with E-state index in [4.69, 9.17) is 0 Å². The van der Waals surface area contributed by atoms with Crippen LogP contribution in [0.1, 0.15) is 23.8 Å². The molecule has 0 bridgehead atoms. The molecule has 0 radical (unpaired) electrons. The lowest BCUT2D eigenvalue weighted by molar-refractivity contribution is -0.384. The Labute approximate surface area is 131 Å². The Kier molecular flexibility index (Phi) is 2.83. The fourth-order valence-corrected chi connectivity index (χ4v) is 3.91. The van der Waals surface area contributed by atoms with Crippen LogP contribution < -0.4 is 0 Å². The predicted molar refractivity (Wildman–Crippen MR) is 82.6 cm³/mol. The van der Waals surface area contributed by atoms with Crippen molar-refractivity contribution in [3.8, 4) is 11.3 Å². The minimum atomic E-state index is -0.409. The summed E-state index contributed by atoms with van der Waals surface area (Å²) in [5.74, 6) is 0.603. The first-order valence-corrected chi connectivity index (χ1v) is 8.04. The lowest BCUT2D eigenvalue weighted by Crippen LogP contribution is -1.89. The van der Waals surface area contributed by atoms with Crippen molar-refractivity contribution in [2.45, 2.75) is 18.8 Å². The number of hydrogen-bond acceptors (Lipinski definition) is 5. The largest absolute Gasteiger partial charge is 0.269 e. The van der Waals surface area contributed by atoms with Gasteiger partial charge in [-0.05, 0) is 40.9 Å². The molecule has 3 aromatic rings. The van der Waals surface area contributed by atoms with Crippen LogP contribution in [-0.4, -0.2) is 19.5 Å². The molecule has 0 unspecified atom stereocenters. The number of imidazole rings is 1. The maximum atomic E-state index is 10.7. The first-order chi connectivity index (χ1) is 10.1. The van der Waals surface area contributed by atoms with E-state index >= 15 is 0 Å². The van der Waals surface area contributed by atoms with Crippen molar-refractivity contribution >= 4 is 37.9 Å². The molecule has 1 aromatic carbocycles. The third-order valence-electron chi connectivity index (χ3n) is 3.44. The van der Waals surface area contributed by atoms with Crippen LogP contribution >= 0.6 is 27.3 Å². The zero-order valence-corrected chi connectivity index (χ0v) is 13.1. The highest BCUT2D eigenvalue weighted by Gasteiger charge is 2.28. The molecule has 2 aromatic heterocycles. The molecule has 1 fully saturated rings. The highest BCUT2D eigenvalue weighted by Crippen LogP contribution is 2.43. The molecule has 0 aliphatic heterocycles. The van der Waals surface area contributed by atoms with E-state index in [0.29, 0.717) is 5.92 Å². The van der Waals surface area contributed by atoms with Crippen LogP contribution in [0, 0.1) is 10.1 Å². The SMILES string of the molecule is O=[N+]([O-])c1ccc(-c2nc3sc(C4CC4)nn3c2Br)cc1. The highest BCUT2D eigenvalue weighted by atomic mass is 79.9. The van der Waals surface area contributed by atoms with Gasteiger partial charge in [0.15, 0.2) is 0 Å². The average Bonchev–Trinajstić information content (AvgIpc) is 3.17. The molecular weight excluding hydrogens is 356 g/mol. The average molecular weight is 365 g/mol. The summed E-state index contributed by atoms with van der Waals surface area (Å²) < 4.78 is 2.59. The van der Waals surface area contributed by atoms with Crippen molar-refractivity contribution in [3.63, 3.8) is 0 Å². The molecule has 0 amide bonds. The van der Waals surface area contributed by atoms with E-state index in [9.17, 15) is 10.1 Å². The highest BCUT2D eigenvalue weighted by molar-refractivity contribution is 9.10. The fraction of sp³-hybridized carbons (Fsp3) is 0.231. The van der Waals surface area contributed by atoms with Gasteiger partial charge in [-0.25, -0.2) is 4.98 Å². The molecule has 0 N–H and O–H groups in total. The Morgan fingerprint density at radius 2 is 2.05 bits per heavy atom. The first-order valence-electron chi connectivity index (χ1n) is 6.43. The summed E-state index contributed by atoms with van der Waals surface area (Å²) in [5.41, 5.74) is 1.66. The molecule has 2 heterocycles. The zero-order valence-electron chi connectivity index (χ0n) is 10.7. The second-order valence-corrected chi connectivity index (χ2v) is 6.70. The van der Waals surface area contributed by atoms with Gasteiger partial charge in [0.1, 0.15) is 15.3 Å². The third-order valence-corrected chi connectivity index (χ3v) is 5.22. The number of rotatable bonds is 3. The molecule has 0 atom stereocenters. The van der Waals surface area contributed by atoms with E-state index in [1.54, 1.807) is 28.0 Å². The normalized spacial score (nSPS) is 14.7. The molecule has 4 rings (SSSR count). The van der Waals surface area contributed by atoms with Gasteiger partial charge in [-0.3, -0.25) is 10.1 Å². The Balaban J connectivity index is 1.77. The minimum absolute atomic E-state index is 0.0741. The standard InChI is InChI=1S/C13H9BrN4O2S/c14-11-10(7-3-5-9(6-4-7)18(19)20)15-13-17(11)16-12(21-13)8-1-2-8/h3-6,8H,1-2H2. The molecule has 106 valence electrons. The third kappa shape index (κ3) is 2.14. The Hall–Kier alpha value is -1.80. The van der Waals surface area contributed by atoms with Gasteiger partial charge >= 0.3 is 0 Å². The molecule has 1 aliphatic rings. The topological polar surface area (TPSA) is 73.3 Å². The van der Waals surface area contributed by atoms with Crippen molar-refractivity contribution < 1.29 is 4.92 Å². The zero-order chi connectivity index (χ0) is 14.6. The van der Waals surface area contributed by atoms with Crippen molar-refractivity contribution in [2.75, 3.05) is 0 Å². The van der Waals surface area contributed by atoms with Crippen molar-refractivity contribution in [1.82, 2.24) is 14.6 Å². The quantitative estimate of drug-likeness (QED) is 0.519. The van der Waals surface area contributed by atoms with E-state index in [0.717, 1.165) is 25.8 Å². The maximum absolute atomic E-state index is 10.7. The Morgan fingerprint density at radius 1 is 1.33 bits per heavy atom. The predicted octanol–water partition coefficient (Wildman–Crippen LogP) is 4.01. The van der Waals surface area contributed by atoms with Gasteiger partial charge in [0.2, 0.25) is 4.96 Å². The summed E-state index contributed by atoms with van der Waals surface area (Å²) in [7, 11) is 0. The number of benzene rings is 1. The van der Waals surface area contributed by atoms with Crippen LogP contribution in [0.15, 0.2) is 28.9 Å². The smallest absolute Gasteiger partial charge is 0.258 e. The summed E-state index contributed by atoms with van der Waals surface area (Å²) in [6, 6.07) is 6.38. The van der Waals surface area contributed by atoms with Crippen molar-refractivity contribution in [1.29, 1.82) is 0 Å². The van der Waals surface area contributed by atoms with Crippen LogP contribution in [0.25, 0.3) is 16.2 Å². The number of halogens is 1. The van der Waals surface area contributed by atoms with Crippen LogP contribution in [0.3, 0.4) is 0 Å². The molecular formula is C13H9BrN4O2S. The van der Waals surface area contributed by atoms with E-state index in [2.05, 4.69) is 26.0 Å². The van der Waals surface area contributed by atoms with Crippen LogP contribution in [0.5, 0.6) is 0 Å². The summed E-state index contributed by atoms with van der Waals surface area (Å²) >= 11 is 5.14.